The van der Waals surface area contributed by atoms with E-state index in [1.165, 1.54) is 5.56 Å². The zero-order chi connectivity index (χ0) is 27.4. The van der Waals surface area contributed by atoms with Gasteiger partial charge in [-0.1, -0.05) is 51.5 Å². The zero-order valence-corrected chi connectivity index (χ0v) is 24.3. The summed E-state index contributed by atoms with van der Waals surface area (Å²) in [4.78, 5) is 29.7. The van der Waals surface area contributed by atoms with Gasteiger partial charge in [0.25, 0.3) is 5.91 Å². The van der Waals surface area contributed by atoms with Crippen LogP contribution in [0.3, 0.4) is 0 Å². The van der Waals surface area contributed by atoms with Crippen LogP contribution < -0.4 is 0 Å². The molecule has 0 aliphatic carbocycles. The molecular formula is C29H30BrN5O3S. The summed E-state index contributed by atoms with van der Waals surface area (Å²) < 4.78 is 8.47. The first-order valence-corrected chi connectivity index (χ1v) is 14.7. The second-order valence-corrected chi connectivity index (χ2v) is 11.6. The number of aromatic nitrogens is 3. The van der Waals surface area contributed by atoms with Crippen molar-refractivity contribution in [3.8, 4) is 17.3 Å². The lowest BCUT2D eigenvalue weighted by molar-refractivity contribution is -0.133. The average Bonchev–Trinajstić information content (AvgIpc) is 3.61. The second-order valence-electron chi connectivity index (χ2n) is 9.60. The van der Waals surface area contributed by atoms with E-state index in [-0.39, 0.29) is 17.9 Å². The number of nitrogens with zero attached hydrogens (tertiary/aromatic N) is 5. The van der Waals surface area contributed by atoms with Crippen molar-refractivity contribution in [3.05, 3.63) is 82.5 Å². The first kappa shape index (κ1) is 27.2. The maximum absolute atomic E-state index is 13.0. The normalized spacial score (nSPS) is 15.5. The smallest absolute Gasteiger partial charge is 0.254 e. The summed E-state index contributed by atoms with van der Waals surface area (Å²) in [5.41, 5.74) is 2.79. The maximum Gasteiger partial charge on any atom is 0.254 e. The number of hydrogen-bond donors (Lipinski definition) is 0. The third-order valence-corrected chi connectivity index (χ3v) is 8.25. The van der Waals surface area contributed by atoms with Crippen molar-refractivity contribution in [1.82, 2.24) is 24.6 Å². The van der Waals surface area contributed by atoms with Crippen LogP contribution in [0, 0.1) is 6.92 Å². The Labute approximate surface area is 240 Å². The summed E-state index contributed by atoms with van der Waals surface area (Å²) in [5.74, 6) is 2.14. The molecule has 10 heteroatoms. The van der Waals surface area contributed by atoms with Gasteiger partial charge >= 0.3 is 0 Å². The minimum Gasteiger partial charge on any atom is -0.461 e. The molecule has 0 radical (unpaired) electrons. The molecule has 1 atom stereocenters. The Morgan fingerprint density at radius 1 is 1.08 bits per heavy atom. The molecule has 0 saturated carbocycles. The van der Waals surface area contributed by atoms with Crippen molar-refractivity contribution in [2.75, 3.05) is 25.4 Å². The van der Waals surface area contributed by atoms with Crippen LogP contribution in [-0.4, -0.2) is 67.8 Å². The number of furan rings is 1. The molecule has 1 saturated heterocycles. The lowest BCUT2D eigenvalue weighted by Crippen LogP contribution is -2.55. The summed E-state index contributed by atoms with van der Waals surface area (Å²) in [6.07, 6.45) is 2.79. The molecule has 1 fully saturated rings. The predicted octanol–water partition coefficient (Wildman–Crippen LogP) is 5.84. The minimum atomic E-state index is -0.0448. The topological polar surface area (TPSA) is 84.5 Å². The number of hydrogen-bond acceptors (Lipinski definition) is 6. The lowest BCUT2D eigenvalue weighted by Gasteiger charge is -2.40. The van der Waals surface area contributed by atoms with E-state index in [1.54, 1.807) is 18.0 Å². The molecule has 4 aromatic rings. The molecule has 202 valence electrons. The van der Waals surface area contributed by atoms with Crippen LogP contribution in [0.2, 0.25) is 0 Å². The van der Waals surface area contributed by atoms with E-state index in [0.717, 1.165) is 21.1 Å². The zero-order valence-electron chi connectivity index (χ0n) is 21.9. The van der Waals surface area contributed by atoms with Crippen LogP contribution >= 0.6 is 27.7 Å². The van der Waals surface area contributed by atoms with E-state index in [2.05, 4.69) is 45.2 Å². The summed E-state index contributed by atoms with van der Waals surface area (Å²) >= 11 is 5.01. The number of thioether (sulfide) groups is 1. The Morgan fingerprint density at radius 2 is 1.90 bits per heavy atom. The first-order chi connectivity index (χ1) is 18.9. The van der Waals surface area contributed by atoms with Crippen LogP contribution in [0.1, 0.15) is 35.7 Å². The molecule has 2 amide bonds. The molecule has 1 aliphatic rings. The largest absolute Gasteiger partial charge is 0.461 e. The molecule has 1 unspecified atom stereocenters. The highest BCUT2D eigenvalue weighted by Gasteiger charge is 2.30. The van der Waals surface area contributed by atoms with Gasteiger partial charge in [-0.15, -0.1) is 10.2 Å². The molecule has 2 aromatic carbocycles. The van der Waals surface area contributed by atoms with Crippen molar-refractivity contribution < 1.29 is 14.0 Å². The predicted molar refractivity (Wildman–Crippen MR) is 155 cm³/mol. The number of carbonyl (C=O) groups is 2. The molecule has 0 N–H and O–H groups in total. The van der Waals surface area contributed by atoms with Gasteiger partial charge in [0.1, 0.15) is 0 Å². The number of aryl methyl sites for hydroxylation is 1. The Bertz CT molecular complexity index is 1440. The van der Waals surface area contributed by atoms with Gasteiger partial charge < -0.3 is 14.2 Å². The van der Waals surface area contributed by atoms with Crippen LogP contribution in [0.25, 0.3) is 17.3 Å². The molecule has 0 bridgehead atoms. The monoisotopic (exact) mass is 607 g/mol. The van der Waals surface area contributed by atoms with Gasteiger partial charge in [-0.25, -0.2) is 0 Å². The summed E-state index contributed by atoms with van der Waals surface area (Å²) in [7, 11) is 0. The Kier molecular flexibility index (Phi) is 8.52. The van der Waals surface area contributed by atoms with Crippen molar-refractivity contribution in [2.45, 2.75) is 37.9 Å². The fraction of sp³-hybridized carbons (Fsp3) is 0.310. The molecule has 0 spiro atoms. The van der Waals surface area contributed by atoms with Crippen molar-refractivity contribution in [1.29, 1.82) is 0 Å². The van der Waals surface area contributed by atoms with Crippen LogP contribution in [-0.2, 0) is 4.79 Å². The third kappa shape index (κ3) is 6.28. The molecular weight excluding hydrogens is 578 g/mol. The van der Waals surface area contributed by atoms with Crippen molar-refractivity contribution >= 4 is 39.5 Å². The average molecular weight is 609 g/mol. The fourth-order valence-electron chi connectivity index (χ4n) is 4.67. The SMILES string of the molecule is Cc1ccc(-n2c(SCCCC(=O)N3CCN(C(=O)c4cccc(Br)c4)C(C)C3)nnc2-c2ccco2)cc1. The Morgan fingerprint density at radius 3 is 2.62 bits per heavy atom. The summed E-state index contributed by atoms with van der Waals surface area (Å²) in [6, 6.07) is 19.3. The van der Waals surface area contributed by atoms with E-state index in [1.807, 2.05) is 69.8 Å². The van der Waals surface area contributed by atoms with E-state index in [9.17, 15) is 9.59 Å². The molecule has 8 nitrogen and oxygen atoms in total. The lowest BCUT2D eigenvalue weighted by atomic mass is 10.1. The van der Waals surface area contributed by atoms with Gasteiger partial charge in [-0.2, -0.15) is 0 Å². The number of rotatable bonds is 8. The molecule has 3 heterocycles. The molecule has 2 aromatic heterocycles. The molecule has 39 heavy (non-hydrogen) atoms. The number of benzene rings is 2. The van der Waals surface area contributed by atoms with Gasteiger partial charge in [0.05, 0.1) is 6.26 Å². The summed E-state index contributed by atoms with van der Waals surface area (Å²) in [6.45, 7) is 5.67. The Balaban J connectivity index is 1.16. The first-order valence-electron chi connectivity index (χ1n) is 12.9. The van der Waals surface area contributed by atoms with Crippen LogP contribution in [0.15, 0.2) is 81.0 Å². The van der Waals surface area contributed by atoms with Gasteiger partial charge in [0.15, 0.2) is 10.9 Å². The number of piperazine rings is 1. The van der Waals surface area contributed by atoms with Crippen LogP contribution in [0.4, 0.5) is 0 Å². The van der Waals surface area contributed by atoms with E-state index in [4.69, 9.17) is 4.42 Å². The Hall–Kier alpha value is -3.37. The highest BCUT2D eigenvalue weighted by atomic mass is 79.9. The number of halogens is 1. The third-order valence-electron chi connectivity index (χ3n) is 6.75. The second kappa shape index (κ2) is 12.2. The van der Waals surface area contributed by atoms with Crippen molar-refractivity contribution in [2.24, 2.45) is 0 Å². The van der Waals surface area contributed by atoms with Gasteiger partial charge in [-0.05, 0) is 62.7 Å². The minimum absolute atomic E-state index is 0.00101. The molecule has 1 aliphatic heterocycles. The van der Waals surface area contributed by atoms with E-state index < -0.39 is 0 Å². The fourth-order valence-corrected chi connectivity index (χ4v) is 5.96. The number of carbonyl (C=O) groups excluding carboxylic acids is 2. The highest BCUT2D eigenvalue weighted by Crippen LogP contribution is 2.29. The van der Waals surface area contributed by atoms with E-state index >= 15 is 0 Å². The highest BCUT2D eigenvalue weighted by molar-refractivity contribution is 9.10. The standard InChI is InChI=1S/C29H30BrN5O3S/c1-20-10-12-24(13-11-20)35-27(25-8-4-16-38-25)31-32-29(35)39-17-5-9-26(36)33-14-15-34(21(2)19-33)28(37)22-6-3-7-23(30)18-22/h3-4,6-8,10-13,16,18,21H,5,9,14-15,17,19H2,1-2H3. The maximum atomic E-state index is 13.0. The van der Waals surface area contributed by atoms with Gasteiger partial charge in [0, 0.05) is 53.6 Å². The molecule has 5 rings (SSSR count). The van der Waals surface area contributed by atoms with E-state index in [0.29, 0.717) is 49.6 Å². The quantitative estimate of drug-likeness (QED) is 0.185. The van der Waals surface area contributed by atoms with Crippen LogP contribution in [0.5, 0.6) is 0 Å². The number of amides is 2. The van der Waals surface area contributed by atoms with Gasteiger partial charge in [0.2, 0.25) is 11.7 Å². The van der Waals surface area contributed by atoms with Gasteiger partial charge in [-0.3, -0.25) is 14.2 Å². The van der Waals surface area contributed by atoms with Crippen molar-refractivity contribution in [3.63, 3.8) is 0 Å². The summed E-state index contributed by atoms with van der Waals surface area (Å²) in [5, 5.41) is 9.57.